The molecular formula is C11H11Ti-. The first kappa shape index (κ1) is 9.63. The van der Waals surface area contributed by atoms with Gasteiger partial charge in [-0.1, -0.05) is 18.6 Å². The van der Waals surface area contributed by atoms with Crippen LogP contribution in [0.25, 0.3) is 10.8 Å². The van der Waals surface area contributed by atoms with Crippen LogP contribution in [0.2, 0.25) is 0 Å². The quantitative estimate of drug-likeness (QED) is 0.443. The van der Waals surface area contributed by atoms with E-state index in [1.165, 1.54) is 21.9 Å². The second-order valence-corrected chi connectivity index (χ2v) is 3.11. The topological polar surface area (TPSA) is 0 Å². The van der Waals surface area contributed by atoms with Gasteiger partial charge < -0.3 is 0 Å². The van der Waals surface area contributed by atoms with Crippen molar-refractivity contribution < 1.29 is 21.7 Å². The minimum atomic E-state index is 0. The van der Waals surface area contributed by atoms with E-state index in [0.717, 1.165) is 0 Å². The van der Waals surface area contributed by atoms with E-state index in [1.807, 2.05) is 0 Å². The third kappa shape index (κ3) is 1.50. The summed E-state index contributed by atoms with van der Waals surface area (Å²) in [5.41, 5.74) is 2.73. The Labute approximate surface area is 87.8 Å². The van der Waals surface area contributed by atoms with Crippen LogP contribution in [-0.2, 0) is 21.7 Å². The van der Waals surface area contributed by atoms with Crippen LogP contribution in [0.5, 0.6) is 0 Å². The number of fused-ring (bicyclic) bond motifs is 1. The average molecular weight is 191 g/mol. The molecule has 0 bridgehead atoms. The number of benzene rings is 1. The maximum atomic E-state index is 2.24. The Bertz CT molecular complexity index is 385. The zero-order valence-electron chi connectivity index (χ0n) is 7.39. The molecule has 0 heterocycles. The fourth-order valence-electron chi connectivity index (χ4n) is 1.54. The summed E-state index contributed by atoms with van der Waals surface area (Å²) in [6.07, 6.45) is 0. The van der Waals surface area contributed by atoms with Gasteiger partial charge in [0.15, 0.2) is 0 Å². The predicted molar refractivity (Wildman–Crippen MR) is 49.0 cm³/mol. The monoisotopic (exact) mass is 191 g/mol. The van der Waals surface area contributed by atoms with Crippen molar-refractivity contribution in [3.63, 3.8) is 0 Å². The summed E-state index contributed by atoms with van der Waals surface area (Å²) in [4.78, 5) is 0. The van der Waals surface area contributed by atoms with Crippen LogP contribution >= 0.6 is 0 Å². The Morgan fingerprint density at radius 2 is 1.92 bits per heavy atom. The molecule has 0 atom stereocenters. The molecule has 0 saturated carbocycles. The molecule has 0 aliphatic heterocycles. The van der Waals surface area contributed by atoms with Crippen molar-refractivity contribution in [1.29, 1.82) is 0 Å². The standard InChI is InChI=1S/C11H11.Ti/c1-8-6-10-5-3-4-9(2)11(10)7-8;/h3-7H,1-2H3;/q-1;. The zero-order valence-corrected chi connectivity index (χ0v) is 8.95. The number of aryl methyl sites for hydroxylation is 2. The summed E-state index contributed by atoms with van der Waals surface area (Å²) in [5, 5.41) is 2.76. The van der Waals surface area contributed by atoms with Gasteiger partial charge >= 0.3 is 0 Å². The van der Waals surface area contributed by atoms with Gasteiger partial charge in [-0.05, 0) is 6.92 Å². The number of hydrogen-bond acceptors (Lipinski definition) is 0. The minimum absolute atomic E-state index is 0. The van der Waals surface area contributed by atoms with Crippen molar-refractivity contribution in [2.45, 2.75) is 13.8 Å². The molecule has 0 nitrogen and oxygen atoms in total. The Kier molecular flexibility index (Phi) is 2.82. The molecule has 1 heteroatoms. The van der Waals surface area contributed by atoms with Crippen LogP contribution in [0, 0.1) is 13.8 Å². The van der Waals surface area contributed by atoms with Crippen LogP contribution in [0.1, 0.15) is 11.1 Å². The zero-order chi connectivity index (χ0) is 7.84. The molecule has 0 radical (unpaired) electrons. The van der Waals surface area contributed by atoms with Crippen LogP contribution < -0.4 is 0 Å². The second kappa shape index (κ2) is 3.51. The van der Waals surface area contributed by atoms with Gasteiger partial charge in [0.05, 0.1) is 0 Å². The van der Waals surface area contributed by atoms with Gasteiger partial charge in [-0.2, -0.15) is 6.07 Å². The van der Waals surface area contributed by atoms with Gasteiger partial charge in [0.25, 0.3) is 0 Å². The van der Waals surface area contributed by atoms with Gasteiger partial charge in [-0.25, -0.2) is 0 Å². The van der Waals surface area contributed by atoms with Gasteiger partial charge in [0.2, 0.25) is 0 Å². The first-order valence-electron chi connectivity index (χ1n) is 3.90. The van der Waals surface area contributed by atoms with E-state index in [-0.39, 0.29) is 21.7 Å². The third-order valence-electron chi connectivity index (χ3n) is 2.11. The van der Waals surface area contributed by atoms with E-state index in [2.05, 4.69) is 44.2 Å². The number of rotatable bonds is 0. The molecule has 0 aromatic heterocycles. The summed E-state index contributed by atoms with van der Waals surface area (Å²) in [5.74, 6) is 0. The van der Waals surface area contributed by atoms with Crippen LogP contribution in [0.15, 0.2) is 30.3 Å². The van der Waals surface area contributed by atoms with E-state index in [9.17, 15) is 0 Å². The summed E-state index contributed by atoms with van der Waals surface area (Å²) < 4.78 is 0. The molecule has 0 amide bonds. The molecule has 2 aromatic rings. The van der Waals surface area contributed by atoms with Crippen molar-refractivity contribution in [3.8, 4) is 0 Å². The van der Waals surface area contributed by atoms with Crippen molar-refractivity contribution in [3.05, 3.63) is 41.5 Å². The van der Waals surface area contributed by atoms with Gasteiger partial charge in [-0.3, -0.25) is 0 Å². The van der Waals surface area contributed by atoms with E-state index in [1.54, 1.807) is 0 Å². The van der Waals surface area contributed by atoms with Crippen LogP contribution in [0.3, 0.4) is 0 Å². The predicted octanol–water partition coefficient (Wildman–Crippen LogP) is 3.17. The summed E-state index contributed by atoms with van der Waals surface area (Å²) in [6.45, 7) is 4.29. The van der Waals surface area contributed by atoms with Crippen molar-refractivity contribution in [1.82, 2.24) is 0 Å². The fraction of sp³-hybridized carbons (Fsp3) is 0.182. The molecule has 0 aliphatic rings. The fourth-order valence-corrected chi connectivity index (χ4v) is 1.54. The SMILES string of the molecule is Cc1cc2c(C)cccc2[cH-]1.[Ti]. The second-order valence-electron chi connectivity index (χ2n) is 3.11. The molecule has 2 aromatic carbocycles. The Balaban J connectivity index is 0.000000720. The molecule has 2 rings (SSSR count). The van der Waals surface area contributed by atoms with Crippen molar-refractivity contribution in [2.24, 2.45) is 0 Å². The molecule has 0 aliphatic carbocycles. The first-order chi connectivity index (χ1) is 5.27. The molecular weight excluding hydrogens is 180 g/mol. The van der Waals surface area contributed by atoms with Crippen molar-refractivity contribution in [2.75, 3.05) is 0 Å². The Hall–Kier alpha value is -0.456. The maximum absolute atomic E-state index is 2.24. The molecule has 0 fully saturated rings. The normalized spacial score (nSPS) is 9.83. The smallest absolute Gasteiger partial charge is 0 e. The van der Waals surface area contributed by atoms with Crippen molar-refractivity contribution >= 4 is 10.8 Å². The van der Waals surface area contributed by atoms with E-state index < -0.39 is 0 Å². The largest absolute Gasteiger partial charge is 0.165 e. The summed E-state index contributed by atoms with van der Waals surface area (Å²) in [6, 6.07) is 10.9. The summed E-state index contributed by atoms with van der Waals surface area (Å²) in [7, 11) is 0. The number of hydrogen-bond donors (Lipinski definition) is 0. The minimum Gasteiger partial charge on any atom is -0.165 e. The average Bonchev–Trinajstić information content (AvgIpc) is 2.31. The molecule has 0 N–H and O–H groups in total. The molecule has 0 saturated heterocycles. The molecule has 0 unspecified atom stereocenters. The maximum Gasteiger partial charge on any atom is 0 e. The Morgan fingerprint density at radius 3 is 2.58 bits per heavy atom. The van der Waals surface area contributed by atoms with Gasteiger partial charge in [0, 0.05) is 21.7 Å². The summed E-state index contributed by atoms with van der Waals surface area (Å²) >= 11 is 0. The Morgan fingerprint density at radius 1 is 1.17 bits per heavy atom. The van der Waals surface area contributed by atoms with Gasteiger partial charge in [-0.15, -0.1) is 34.5 Å². The third-order valence-corrected chi connectivity index (χ3v) is 2.11. The van der Waals surface area contributed by atoms with Gasteiger partial charge in [0.1, 0.15) is 0 Å². The van der Waals surface area contributed by atoms with E-state index in [4.69, 9.17) is 0 Å². The van der Waals surface area contributed by atoms with E-state index in [0.29, 0.717) is 0 Å². The van der Waals surface area contributed by atoms with E-state index >= 15 is 0 Å². The molecule has 12 heavy (non-hydrogen) atoms. The van der Waals surface area contributed by atoms with Crippen LogP contribution in [0.4, 0.5) is 0 Å². The molecule has 0 spiro atoms. The van der Waals surface area contributed by atoms with Crippen LogP contribution in [-0.4, -0.2) is 0 Å². The first-order valence-corrected chi connectivity index (χ1v) is 3.90. The molecule has 60 valence electrons.